The molecule has 0 bridgehead atoms. The van der Waals surface area contributed by atoms with Gasteiger partial charge in [0.15, 0.2) is 11.6 Å². The van der Waals surface area contributed by atoms with E-state index in [2.05, 4.69) is 0 Å². The lowest BCUT2D eigenvalue weighted by atomic mass is 10.1. The third-order valence-electron chi connectivity index (χ3n) is 3.65. The predicted octanol–water partition coefficient (Wildman–Crippen LogP) is 2.57. The monoisotopic (exact) mass is 302 g/mol. The van der Waals surface area contributed by atoms with E-state index >= 15 is 0 Å². The van der Waals surface area contributed by atoms with Gasteiger partial charge in [-0.25, -0.2) is 9.18 Å². The number of rotatable bonds is 2. The van der Waals surface area contributed by atoms with Crippen LogP contribution in [-0.4, -0.2) is 24.4 Å². The van der Waals surface area contributed by atoms with E-state index in [1.165, 1.54) is 24.3 Å². The molecular formula is C16H11FO5. The van der Waals surface area contributed by atoms with Crippen LogP contribution in [0.15, 0.2) is 39.5 Å². The maximum atomic E-state index is 14.2. The maximum Gasteiger partial charge on any atom is 0.344 e. The summed E-state index contributed by atoms with van der Waals surface area (Å²) in [7, 11) is 0. The summed E-state index contributed by atoms with van der Waals surface area (Å²) in [6.07, 6.45) is -0.198. The molecule has 0 radical (unpaired) electrons. The molecule has 0 unspecified atom stereocenters. The van der Waals surface area contributed by atoms with Crippen LogP contribution < -0.4 is 10.4 Å². The largest absolute Gasteiger partial charge is 0.508 e. The Morgan fingerprint density at radius 2 is 1.95 bits per heavy atom. The number of benzene rings is 2. The molecule has 1 aromatic heterocycles. The van der Waals surface area contributed by atoms with Crippen molar-refractivity contribution in [2.45, 2.75) is 6.10 Å². The Morgan fingerprint density at radius 3 is 2.68 bits per heavy atom. The van der Waals surface area contributed by atoms with E-state index in [1.807, 2.05) is 0 Å². The van der Waals surface area contributed by atoms with Gasteiger partial charge in [0.2, 0.25) is 0 Å². The molecule has 5 nitrogen and oxygen atoms in total. The van der Waals surface area contributed by atoms with Gasteiger partial charge in [0.1, 0.15) is 17.4 Å². The standard InChI is InChI=1S/C16H11FO5/c17-13-4-11-10-2-1-8(18)3-14(10)22-16(19)12(11)5-15(13)21-9-6-20-7-9/h1-5,9,18H,6-7H2. The molecule has 0 aliphatic carbocycles. The van der Waals surface area contributed by atoms with Gasteiger partial charge in [0, 0.05) is 16.8 Å². The van der Waals surface area contributed by atoms with E-state index in [1.54, 1.807) is 6.07 Å². The normalized spacial score (nSPS) is 15.1. The molecule has 3 aromatic rings. The molecule has 2 aromatic carbocycles. The first-order chi connectivity index (χ1) is 10.6. The summed E-state index contributed by atoms with van der Waals surface area (Å²) >= 11 is 0. The number of phenolic OH excluding ortho intramolecular Hbond substituents is 1. The van der Waals surface area contributed by atoms with Gasteiger partial charge >= 0.3 is 5.63 Å². The molecule has 1 N–H and O–H groups in total. The number of aromatic hydroxyl groups is 1. The summed E-state index contributed by atoms with van der Waals surface area (Å²) < 4.78 is 29.8. The molecular weight excluding hydrogens is 291 g/mol. The molecule has 0 saturated carbocycles. The summed E-state index contributed by atoms with van der Waals surface area (Å²) in [5.41, 5.74) is -0.402. The second kappa shape index (κ2) is 4.71. The highest BCUT2D eigenvalue weighted by Crippen LogP contribution is 2.31. The van der Waals surface area contributed by atoms with Gasteiger partial charge in [-0.3, -0.25) is 0 Å². The van der Waals surface area contributed by atoms with E-state index in [9.17, 15) is 14.3 Å². The van der Waals surface area contributed by atoms with Crippen LogP contribution in [0.4, 0.5) is 4.39 Å². The molecule has 4 rings (SSSR count). The number of halogens is 1. The number of phenols is 1. The molecule has 2 heterocycles. The molecule has 6 heteroatoms. The first-order valence-corrected chi connectivity index (χ1v) is 6.75. The van der Waals surface area contributed by atoms with Crippen LogP contribution in [0.1, 0.15) is 0 Å². The fourth-order valence-electron chi connectivity index (χ4n) is 2.47. The molecule has 22 heavy (non-hydrogen) atoms. The number of ether oxygens (including phenoxy) is 2. The first-order valence-electron chi connectivity index (χ1n) is 6.75. The van der Waals surface area contributed by atoms with Gasteiger partial charge in [-0.2, -0.15) is 0 Å². The Morgan fingerprint density at radius 1 is 1.14 bits per heavy atom. The second-order valence-electron chi connectivity index (χ2n) is 5.18. The minimum Gasteiger partial charge on any atom is -0.508 e. The molecule has 1 aliphatic heterocycles. The van der Waals surface area contributed by atoms with Crippen molar-refractivity contribution in [3.63, 3.8) is 0 Å². The highest BCUT2D eigenvalue weighted by molar-refractivity contribution is 6.04. The number of hydrogen-bond acceptors (Lipinski definition) is 5. The fraction of sp³-hybridized carbons (Fsp3) is 0.188. The molecule has 0 atom stereocenters. The summed E-state index contributed by atoms with van der Waals surface area (Å²) in [6.45, 7) is 0.812. The van der Waals surface area contributed by atoms with E-state index in [0.29, 0.717) is 24.0 Å². The third-order valence-corrected chi connectivity index (χ3v) is 3.65. The third kappa shape index (κ3) is 2.00. The van der Waals surface area contributed by atoms with Crippen molar-refractivity contribution in [2.24, 2.45) is 0 Å². The lowest BCUT2D eigenvalue weighted by molar-refractivity contribution is -0.0808. The maximum absolute atomic E-state index is 14.2. The molecule has 0 amide bonds. The average Bonchev–Trinajstić information content (AvgIpc) is 2.43. The van der Waals surface area contributed by atoms with Crippen molar-refractivity contribution in [3.05, 3.63) is 46.6 Å². The zero-order chi connectivity index (χ0) is 15.3. The van der Waals surface area contributed by atoms with E-state index in [4.69, 9.17) is 13.9 Å². The Bertz CT molecular complexity index is 943. The van der Waals surface area contributed by atoms with Crippen molar-refractivity contribution in [1.82, 2.24) is 0 Å². The van der Waals surface area contributed by atoms with Gasteiger partial charge in [-0.1, -0.05) is 0 Å². The Hall–Kier alpha value is -2.60. The van der Waals surface area contributed by atoms with Crippen LogP contribution in [0.2, 0.25) is 0 Å². The Labute approximate surface area is 123 Å². The van der Waals surface area contributed by atoms with Gasteiger partial charge in [0.25, 0.3) is 0 Å². The molecule has 1 aliphatic rings. The van der Waals surface area contributed by atoms with Gasteiger partial charge in [-0.15, -0.1) is 0 Å². The topological polar surface area (TPSA) is 68.9 Å². The average molecular weight is 302 g/mol. The molecule has 1 saturated heterocycles. The smallest absolute Gasteiger partial charge is 0.344 e. The van der Waals surface area contributed by atoms with Crippen molar-refractivity contribution < 1.29 is 23.4 Å². The lowest BCUT2D eigenvalue weighted by Gasteiger charge is -2.26. The predicted molar refractivity (Wildman–Crippen MR) is 76.8 cm³/mol. The fourth-order valence-corrected chi connectivity index (χ4v) is 2.47. The van der Waals surface area contributed by atoms with E-state index < -0.39 is 11.4 Å². The molecule has 1 fully saturated rings. The van der Waals surface area contributed by atoms with Crippen LogP contribution in [-0.2, 0) is 4.74 Å². The van der Waals surface area contributed by atoms with Crippen molar-refractivity contribution in [3.8, 4) is 11.5 Å². The van der Waals surface area contributed by atoms with Crippen molar-refractivity contribution in [2.75, 3.05) is 13.2 Å². The summed E-state index contributed by atoms with van der Waals surface area (Å²) in [6, 6.07) is 6.96. The first kappa shape index (κ1) is 13.1. The van der Waals surface area contributed by atoms with Crippen LogP contribution in [0, 0.1) is 5.82 Å². The van der Waals surface area contributed by atoms with Crippen molar-refractivity contribution >= 4 is 21.7 Å². The zero-order valence-corrected chi connectivity index (χ0v) is 11.3. The highest BCUT2D eigenvalue weighted by Gasteiger charge is 2.22. The lowest BCUT2D eigenvalue weighted by Crippen LogP contribution is -2.38. The summed E-state index contributed by atoms with van der Waals surface area (Å²) in [5.74, 6) is -0.578. The minimum atomic E-state index is -0.609. The van der Waals surface area contributed by atoms with Crippen LogP contribution in [0.5, 0.6) is 11.5 Å². The minimum absolute atomic E-state index is 0.00577. The summed E-state index contributed by atoms with van der Waals surface area (Å²) in [4.78, 5) is 12.1. The quantitative estimate of drug-likeness (QED) is 0.582. The van der Waals surface area contributed by atoms with E-state index in [-0.39, 0.29) is 28.6 Å². The Balaban J connectivity index is 1.96. The van der Waals surface area contributed by atoms with Crippen LogP contribution in [0.25, 0.3) is 21.7 Å². The highest BCUT2D eigenvalue weighted by atomic mass is 19.1. The number of fused-ring (bicyclic) bond motifs is 3. The van der Waals surface area contributed by atoms with Gasteiger partial charge in [0.05, 0.1) is 18.6 Å². The zero-order valence-electron chi connectivity index (χ0n) is 11.3. The SMILES string of the molecule is O=c1oc2cc(O)ccc2c2cc(F)c(OC3COC3)cc12. The molecule has 0 spiro atoms. The van der Waals surface area contributed by atoms with E-state index in [0.717, 1.165) is 0 Å². The van der Waals surface area contributed by atoms with Crippen LogP contribution in [0.3, 0.4) is 0 Å². The van der Waals surface area contributed by atoms with Gasteiger partial charge < -0.3 is 19.0 Å². The molecule has 112 valence electrons. The van der Waals surface area contributed by atoms with Crippen LogP contribution >= 0.6 is 0 Å². The van der Waals surface area contributed by atoms with Gasteiger partial charge in [-0.05, 0) is 24.3 Å². The summed E-state index contributed by atoms with van der Waals surface area (Å²) in [5, 5.41) is 10.7. The second-order valence-corrected chi connectivity index (χ2v) is 5.18. The Kier molecular flexibility index (Phi) is 2.80. The number of hydrogen-bond donors (Lipinski definition) is 1. The van der Waals surface area contributed by atoms with Crippen molar-refractivity contribution in [1.29, 1.82) is 0 Å².